The highest BCUT2D eigenvalue weighted by atomic mass is 16.5. The van der Waals surface area contributed by atoms with Crippen LogP contribution in [0.2, 0.25) is 0 Å². The second kappa shape index (κ2) is 8.61. The van der Waals surface area contributed by atoms with Gasteiger partial charge < -0.3 is 14.7 Å². The number of likely N-dealkylation sites (N-methyl/N-ethyl adjacent to an activating group) is 1. The summed E-state index contributed by atoms with van der Waals surface area (Å²) in [6.07, 6.45) is 4.69. The van der Waals surface area contributed by atoms with E-state index in [4.69, 9.17) is 0 Å². The topological polar surface area (TPSA) is 62.7 Å². The molecule has 0 spiro atoms. The molecule has 1 heterocycles. The lowest BCUT2D eigenvalue weighted by atomic mass is 10.1. The molecule has 1 aromatic heterocycles. The average Bonchev–Trinajstić information content (AvgIpc) is 2.43. The highest BCUT2D eigenvalue weighted by Gasteiger charge is 2.11. The number of esters is 1. The Bertz CT molecular complexity index is 370. The number of ether oxygens (including phenoxy) is 1. The maximum atomic E-state index is 11.0. The molecule has 0 radical (unpaired) electrons. The summed E-state index contributed by atoms with van der Waals surface area (Å²) >= 11 is 0. The molecule has 0 aromatic carbocycles. The van der Waals surface area contributed by atoms with Crippen molar-refractivity contribution in [2.24, 2.45) is 0 Å². The van der Waals surface area contributed by atoms with Crippen LogP contribution < -0.4 is 0 Å². The number of nitrogens with zero attached hydrogens (tertiary/aromatic N) is 2. The number of aromatic nitrogens is 1. The third-order valence-corrected chi connectivity index (χ3v) is 2.94. The van der Waals surface area contributed by atoms with Crippen molar-refractivity contribution in [3.63, 3.8) is 0 Å². The summed E-state index contributed by atoms with van der Waals surface area (Å²) in [6.45, 7) is 1.40. The van der Waals surface area contributed by atoms with Gasteiger partial charge in [-0.05, 0) is 31.5 Å². The zero-order chi connectivity index (χ0) is 14.1. The van der Waals surface area contributed by atoms with Gasteiger partial charge in [-0.1, -0.05) is 6.07 Å². The molecule has 1 aromatic rings. The molecule has 0 amide bonds. The molecule has 0 saturated carbocycles. The van der Waals surface area contributed by atoms with Crippen molar-refractivity contribution in [1.82, 2.24) is 9.88 Å². The van der Waals surface area contributed by atoms with Crippen molar-refractivity contribution in [2.45, 2.75) is 25.4 Å². The van der Waals surface area contributed by atoms with E-state index in [9.17, 15) is 9.90 Å². The highest BCUT2D eigenvalue weighted by Crippen LogP contribution is 2.03. The fraction of sp³-hybridized carbons (Fsp3) is 0.571. The molecule has 5 nitrogen and oxygen atoms in total. The number of carbonyl (C=O) groups is 1. The van der Waals surface area contributed by atoms with Gasteiger partial charge in [0.25, 0.3) is 0 Å². The summed E-state index contributed by atoms with van der Waals surface area (Å²) in [5.74, 6) is -0.280. The van der Waals surface area contributed by atoms with Gasteiger partial charge in [0.2, 0.25) is 0 Å². The Kier molecular flexibility index (Phi) is 7.07. The Morgan fingerprint density at radius 1 is 1.58 bits per heavy atom. The smallest absolute Gasteiger partial charge is 0.305 e. The van der Waals surface area contributed by atoms with Crippen LogP contribution in [0.1, 0.15) is 18.4 Å². The Labute approximate surface area is 114 Å². The van der Waals surface area contributed by atoms with Crippen molar-refractivity contribution in [1.29, 1.82) is 0 Å². The summed E-state index contributed by atoms with van der Waals surface area (Å²) < 4.78 is 4.54. The first-order chi connectivity index (χ1) is 9.11. The van der Waals surface area contributed by atoms with Gasteiger partial charge in [-0.25, -0.2) is 0 Å². The summed E-state index contributed by atoms with van der Waals surface area (Å²) in [7, 11) is 3.31. The second-order valence-corrected chi connectivity index (χ2v) is 4.64. The summed E-state index contributed by atoms with van der Waals surface area (Å²) in [6, 6.07) is 3.95. The molecular formula is C14H22N2O3. The van der Waals surface area contributed by atoms with E-state index in [1.807, 2.05) is 25.4 Å². The van der Waals surface area contributed by atoms with Crippen molar-refractivity contribution in [2.75, 3.05) is 27.2 Å². The van der Waals surface area contributed by atoms with Crippen LogP contribution in [0.25, 0.3) is 0 Å². The van der Waals surface area contributed by atoms with Crippen LogP contribution in [0, 0.1) is 0 Å². The number of carbonyl (C=O) groups excluding carboxylic acids is 1. The van der Waals surface area contributed by atoms with Crippen LogP contribution in [-0.2, 0) is 16.0 Å². The molecule has 1 N–H and O–H groups in total. The van der Waals surface area contributed by atoms with Crippen LogP contribution in [-0.4, -0.2) is 54.3 Å². The number of rotatable bonds is 8. The minimum absolute atomic E-state index is 0.258. The summed E-state index contributed by atoms with van der Waals surface area (Å²) in [5, 5.41) is 9.80. The second-order valence-electron chi connectivity index (χ2n) is 4.64. The van der Waals surface area contributed by atoms with Crippen LogP contribution in [0.3, 0.4) is 0 Å². The van der Waals surface area contributed by atoms with E-state index in [2.05, 4.69) is 14.6 Å². The predicted molar refractivity (Wildman–Crippen MR) is 72.7 cm³/mol. The van der Waals surface area contributed by atoms with E-state index in [0.29, 0.717) is 13.0 Å². The van der Waals surface area contributed by atoms with E-state index in [1.54, 1.807) is 6.20 Å². The van der Waals surface area contributed by atoms with Crippen LogP contribution in [0.4, 0.5) is 0 Å². The lowest BCUT2D eigenvalue weighted by Crippen LogP contribution is -2.31. The maximum absolute atomic E-state index is 11.0. The first-order valence-corrected chi connectivity index (χ1v) is 6.44. The number of methoxy groups -OCH3 is 1. The minimum atomic E-state index is -0.502. The van der Waals surface area contributed by atoms with Gasteiger partial charge in [-0.15, -0.1) is 0 Å². The van der Waals surface area contributed by atoms with Crippen molar-refractivity contribution in [3.05, 3.63) is 30.1 Å². The first-order valence-electron chi connectivity index (χ1n) is 6.44. The number of hydrogen-bond donors (Lipinski definition) is 1. The third kappa shape index (κ3) is 6.88. The predicted octanol–water partition coefficient (Wildman–Crippen LogP) is 0.870. The molecule has 0 bridgehead atoms. The fourth-order valence-electron chi connectivity index (χ4n) is 1.79. The molecule has 0 fully saturated rings. The van der Waals surface area contributed by atoms with Gasteiger partial charge in [0.1, 0.15) is 0 Å². The van der Waals surface area contributed by atoms with Gasteiger partial charge in [-0.2, -0.15) is 0 Å². The van der Waals surface area contributed by atoms with E-state index < -0.39 is 6.10 Å². The molecule has 0 aliphatic heterocycles. The molecule has 106 valence electrons. The largest absolute Gasteiger partial charge is 0.469 e. The van der Waals surface area contributed by atoms with Crippen LogP contribution in [0.15, 0.2) is 24.5 Å². The Morgan fingerprint density at radius 2 is 2.37 bits per heavy atom. The monoisotopic (exact) mass is 266 g/mol. The SMILES string of the molecule is COC(=O)CCC(O)CN(C)CCc1cccnc1. The molecule has 1 atom stereocenters. The standard InChI is InChI=1S/C14H22N2O3/c1-16(9-7-12-4-3-8-15-10-12)11-13(17)5-6-14(18)19-2/h3-4,8,10,13,17H,5-7,9,11H2,1-2H3. The van der Waals surface area contributed by atoms with E-state index in [1.165, 1.54) is 12.7 Å². The number of aliphatic hydroxyl groups is 1. The molecule has 0 saturated heterocycles. The molecule has 0 aliphatic rings. The quantitative estimate of drug-likeness (QED) is 0.707. The fourth-order valence-corrected chi connectivity index (χ4v) is 1.79. The number of aliphatic hydroxyl groups excluding tert-OH is 1. The lowest BCUT2D eigenvalue weighted by molar-refractivity contribution is -0.141. The molecule has 1 rings (SSSR count). The van der Waals surface area contributed by atoms with Gasteiger partial charge in [0.15, 0.2) is 0 Å². The molecular weight excluding hydrogens is 244 g/mol. The van der Waals surface area contributed by atoms with Gasteiger partial charge in [0.05, 0.1) is 13.2 Å². The highest BCUT2D eigenvalue weighted by molar-refractivity contribution is 5.69. The van der Waals surface area contributed by atoms with E-state index >= 15 is 0 Å². The minimum Gasteiger partial charge on any atom is -0.469 e. The van der Waals surface area contributed by atoms with Gasteiger partial charge >= 0.3 is 5.97 Å². The maximum Gasteiger partial charge on any atom is 0.305 e. The molecule has 19 heavy (non-hydrogen) atoms. The normalized spacial score (nSPS) is 12.4. The van der Waals surface area contributed by atoms with E-state index in [-0.39, 0.29) is 12.4 Å². The van der Waals surface area contributed by atoms with Crippen LogP contribution >= 0.6 is 0 Å². The average molecular weight is 266 g/mol. The Balaban J connectivity index is 2.19. The first kappa shape index (κ1) is 15.6. The van der Waals surface area contributed by atoms with E-state index in [0.717, 1.165) is 13.0 Å². The van der Waals surface area contributed by atoms with Crippen LogP contribution in [0.5, 0.6) is 0 Å². The van der Waals surface area contributed by atoms with Crippen molar-refractivity contribution >= 4 is 5.97 Å². The molecule has 5 heteroatoms. The number of hydrogen-bond acceptors (Lipinski definition) is 5. The summed E-state index contributed by atoms with van der Waals surface area (Å²) in [5.41, 5.74) is 1.18. The van der Waals surface area contributed by atoms with Crippen molar-refractivity contribution < 1.29 is 14.6 Å². The molecule has 1 unspecified atom stereocenters. The van der Waals surface area contributed by atoms with Gasteiger partial charge in [0, 0.05) is 31.9 Å². The summed E-state index contributed by atoms with van der Waals surface area (Å²) in [4.78, 5) is 17.1. The van der Waals surface area contributed by atoms with Crippen molar-refractivity contribution in [3.8, 4) is 0 Å². The zero-order valence-electron chi connectivity index (χ0n) is 11.6. The van der Waals surface area contributed by atoms with Gasteiger partial charge in [-0.3, -0.25) is 9.78 Å². The Hall–Kier alpha value is -1.46. The Morgan fingerprint density at radius 3 is 3.00 bits per heavy atom. The number of pyridine rings is 1. The lowest BCUT2D eigenvalue weighted by Gasteiger charge is -2.20. The third-order valence-electron chi connectivity index (χ3n) is 2.94. The molecule has 0 aliphatic carbocycles. The zero-order valence-corrected chi connectivity index (χ0v) is 11.6.